The van der Waals surface area contributed by atoms with Gasteiger partial charge in [-0.1, -0.05) is 147 Å². The topological polar surface area (TPSA) is 136 Å². The van der Waals surface area contributed by atoms with Gasteiger partial charge in [0.05, 0.1) is 18.5 Å². The number of fused-ring (bicyclic) bond motifs is 2. The van der Waals surface area contributed by atoms with Crippen LogP contribution >= 0.6 is 46.4 Å². The van der Waals surface area contributed by atoms with Crippen LogP contribution in [0.3, 0.4) is 0 Å². The second-order valence-corrected chi connectivity index (χ2v) is 21.4. The van der Waals surface area contributed by atoms with Crippen LogP contribution in [0.5, 0.6) is 0 Å². The summed E-state index contributed by atoms with van der Waals surface area (Å²) in [7, 11) is -3.09. The molecule has 3 amide bonds. The first-order chi connectivity index (χ1) is 25.6. The maximum Gasteiger partial charge on any atom is 0.429 e. The van der Waals surface area contributed by atoms with Crippen LogP contribution in [-0.4, -0.2) is 89.5 Å². The van der Waals surface area contributed by atoms with E-state index in [9.17, 15) is 19.2 Å². The number of hydrogen-bond donors (Lipinski definition) is 2. The maximum atomic E-state index is 14.5. The van der Waals surface area contributed by atoms with Gasteiger partial charge in [0.1, 0.15) is 31.4 Å². The van der Waals surface area contributed by atoms with Gasteiger partial charge in [0.2, 0.25) is 3.79 Å². The van der Waals surface area contributed by atoms with E-state index in [1.807, 2.05) is 60.7 Å². The number of hydrazine groups is 2. The van der Waals surface area contributed by atoms with Gasteiger partial charge in [0.25, 0.3) is 14.2 Å². The minimum atomic E-state index is -3.09. The SMILES string of the molecule is CC(C)(C)[Si](OC[C@@H](Cl)C[C@H](C(=O)N1NC[C@@H]2C[C@H]1C(=O)O2)N(NC(=O)OCc1ccccc1)C(=O)OCC(Cl)(Cl)Cl)(c1ccccc1)c1ccccc1. The van der Waals surface area contributed by atoms with Crippen molar-refractivity contribution in [2.75, 3.05) is 19.8 Å². The van der Waals surface area contributed by atoms with E-state index in [0.29, 0.717) is 10.6 Å². The molecule has 54 heavy (non-hydrogen) atoms. The van der Waals surface area contributed by atoms with Gasteiger partial charge in [-0.05, 0) is 27.4 Å². The average molecular weight is 841 g/mol. The first kappa shape index (κ1) is 41.6. The molecule has 12 nitrogen and oxygen atoms in total. The molecule has 0 unspecified atom stereocenters. The zero-order valence-electron chi connectivity index (χ0n) is 29.9. The summed E-state index contributed by atoms with van der Waals surface area (Å²) in [5, 5.41) is 2.40. The lowest BCUT2D eigenvalue weighted by Gasteiger charge is -2.43. The molecule has 3 aromatic rings. The lowest BCUT2D eigenvalue weighted by molar-refractivity contribution is -0.152. The Bertz CT molecular complexity index is 1710. The summed E-state index contributed by atoms with van der Waals surface area (Å²) in [6.07, 6.45) is -2.83. The molecule has 0 aliphatic carbocycles. The van der Waals surface area contributed by atoms with E-state index in [-0.39, 0.29) is 32.6 Å². The Morgan fingerprint density at radius 3 is 2.07 bits per heavy atom. The molecule has 2 fully saturated rings. The van der Waals surface area contributed by atoms with E-state index in [4.69, 9.17) is 65.0 Å². The molecule has 0 saturated carbocycles. The molecule has 0 aromatic heterocycles. The van der Waals surface area contributed by atoms with Crippen molar-refractivity contribution in [3.05, 3.63) is 96.6 Å². The lowest BCUT2D eigenvalue weighted by atomic mass is 10.1. The number of nitrogens with one attached hydrogen (secondary N) is 2. The molecule has 290 valence electrons. The van der Waals surface area contributed by atoms with Gasteiger partial charge >= 0.3 is 18.2 Å². The molecule has 2 heterocycles. The van der Waals surface area contributed by atoms with Crippen LogP contribution in [0.2, 0.25) is 5.04 Å². The van der Waals surface area contributed by atoms with Crippen molar-refractivity contribution in [1.29, 1.82) is 0 Å². The number of hydrogen-bond acceptors (Lipinski definition) is 9. The molecule has 2 saturated heterocycles. The molecule has 0 spiro atoms. The van der Waals surface area contributed by atoms with Crippen LogP contribution < -0.4 is 21.2 Å². The van der Waals surface area contributed by atoms with Gasteiger partial charge in [-0.15, -0.1) is 11.6 Å². The first-order valence-electron chi connectivity index (χ1n) is 17.3. The highest BCUT2D eigenvalue weighted by Crippen LogP contribution is 2.37. The molecule has 2 N–H and O–H groups in total. The Morgan fingerprint density at radius 1 is 0.944 bits per heavy atom. The van der Waals surface area contributed by atoms with E-state index < -0.39 is 71.4 Å². The van der Waals surface area contributed by atoms with Gasteiger partial charge < -0.3 is 18.6 Å². The third-order valence-corrected chi connectivity index (χ3v) is 14.7. The van der Waals surface area contributed by atoms with Crippen molar-refractivity contribution in [3.8, 4) is 0 Å². The summed E-state index contributed by atoms with van der Waals surface area (Å²) in [6.45, 7) is 5.51. The number of ether oxygens (including phenoxy) is 3. The smallest absolute Gasteiger partial charge is 0.429 e. The van der Waals surface area contributed by atoms with Crippen molar-refractivity contribution in [1.82, 2.24) is 20.9 Å². The quantitative estimate of drug-likeness (QED) is 0.0785. The van der Waals surface area contributed by atoms with E-state index in [1.54, 1.807) is 30.3 Å². The van der Waals surface area contributed by atoms with Gasteiger partial charge in [0.15, 0.2) is 0 Å². The van der Waals surface area contributed by atoms with Crippen LogP contribution in [0.25, 0.3) is 0 Å². The van der Waals surface area contributed by atoms with Crippen LogP contribution in [0.4, 0.5) is 9.59 Å². The molecular formula is C37H42Cl4N4O8Si. The van der Waals surface area contributed by atoms with Crippen molar-refractivity contribution >= 4 is 89.2 Å². The lowest BCUT2D eigenvalue weighted by Crippen LogP contribution is -2.67. The van der Waals surface area contributed by atoms with Crippen molar-refractivity contribution in [2.45, 2.75) is 72.6 Å². The van der Waals surface area contributed by atoms with Crippen LogP contribution in [0, 0.1) is 0 Å². The summed E-state index contributed by atoms with van der Waals surface area (Å²) in [5.41, 5.74) is 5.92. The van der Waals surface area contributed by atoms with E-state index >= 15 is 0 Å². The van der Waals surface area contributed by atoms with Crippen molar-refractivity contribution in [3.63, 3.8) is 0 Å². The summed E-state index contributed by atoms with van der Waals surface area (Å²) < 4.78 is 21.0. The summed E-state index contributed by atoms with van der Waals surface area (Å²) in [6, 6.07) is 26.1. The second kappa shape index (κ2) is 17.9. The van der Waals surface area contributed by atoms with Crippen LogP contribution in [0.15, 0.2) is 91.0 Å². The minimum absolute atomic E-state index is 0.0743. The number of esters is 1. The number of carbonyl (C=O) groups excluding carboxylic acids is 4. The molecule has 4 atom stereocenters. The second-order valence-electron chi connectivity index (χ2n) is 13.9. The Hall–Kier alpha value is -3.56. The number of carbonyl (C=O) groups is 4. The predicted molar refractivity (Wildman–Crippen MR) is 208 cm³/mol. The fourth-order valence-electron chi connectivity index (χ4n) is 6.60. The highest BCUT2D eigenvalue weighted by Gasteiger charge is 2.52. The average Bonchev–Trinajstić information content (AvgIpc) is 3.43. The molecular weight excluding hydrogens is 798 g/mol. The summed E-state index contributed by atoms with van der Waals surface area (Å²) >= 11 is 24.8. The Morgan fingerprint density at radius 2 is 1.52 bits per heavy atom. The Labute approximate surface area is 335 Å². The Balaban J connectivity index is 1.47. The standard InChI is InChI=1S/C37H42Cl4N4O8Si/c1-36(2,3)54(28-15-9-5-10-16-28,29-17-11-6-12-18-29)52-23-26(38)19-30(32(46)44-31-20-27(21-42-44)53-33(31)47)45(35(49)51-24-37(39,40)41)43-34(48)50-22-25-13-7-4-8-14-25/h4-18,26-27,30-31,42H,19-24H2,1-3H3,(H,43,48)/t26-,27-,30+,31-/m0/s1. The van der Waals surface area contributed by atoms with Crippen molar-refractivity contribution < 1.29 is 37.8 Å². The monoisotopic (exact) mass is 838 g/mol. The van der Waals surface area contributed by atoms with E-state index in [1.165, 1.54) is 0 Å². The minimum Gasteiger partial charge on any atom is -0.459 e. The Kier molecular flexibility index (Phi) is 13.8. The normalized spacial score (nSPS) is 18.3. The number of nitrogens with zero attached hydrogens (tertiary/aromatic N) is 2. The molecule has 3 aromatic carbocycles. The number of amides is 3. The summed E-state index contributed by atoms with van der Waals surface area (Å²) in [4.78, 5) is 54.3. The molecule has 2 bridgehead atoms. The fraction of sp³-hybridized carbons (Fsp3) is 0.405. The fourth-order valence-corrected chi connectivity index (χ4v) is 11.7. The number of alkyl halides is 4. The van der Waals surface area contributed by atoms with Gasteiger partial charge in [0, 0.05) is 6.42 Å². The van der Waals surface area contributed by atoms with Crippen LogP contribution in [-0.2, 0) is 34.8 Å². The predicted octanol–water partition coefficient (Wildman–Crippen LogP) is 5.61. The highest BCUT2D eigenvalue weighted by atomic mass is 35.6. The van der Waals surface area contributed by atoms with E-state index in [0.717, 1.165) is 15.4 Å². The third kappa shape index (κ3) is 10.2. The first-order valence-corrected chi connectivity index (χ1v) is 20.7. The number of rotatable bonds is 12. The highest BCUT2D eigenvalue weighted by molar-refractivity contribution is 6.99. The van der Waals surface area contributed by atoms with Gasteiger partial charge in [-0.3, -0.25) is 9.80 Å². The summed E-state index contributed by atoms with van der Waals surface area (Å²) in [5.74, 6) is -1.40. The zero-order valence-corrected chi connectivity index (χ0v) is 33.9. The molecule has 2 aliphatic rings. The molecule has 2 aliphatic heterocycles. The van der Waals surface area contributed by atoms with Crippen molar-refractivity contribution in [2.24, 2.45) is 0 Å². The molecule has 0 radical (unpaired) electrons. The maximum absolute atomic E-state index is 14.5. The van der Waals surface area contributed by atoms with Gasteiger partial charge in [-0.2, -0.15) is 0 Å². The number of benzene rings is 3. The van der Waals surface area contributed by atoms with Gasteiger partial charge in [-0.25, -0.2) is 30.2 Å². The van der Waals surface area contributed by atoms with E-state index in [2.05, 4.69) is 31.6 Å². The zero-order chi connectivity index (χ0) is 39.1. The molecule has 5 rings (SSSR count). The number of halogens is 4. The largest absolute Gasteiger partial charge is 0.459 e. The molecule has 17 heteroatoms. The van der Waals surface area contributed by atoms with Crippen LogP contribution in [0.1, 0.15) is 39.2 Å². The third-order valence-electron chi connectivity index (χ3n) is 9.03.